The second-order valence-corrected chi connectivity index (χ2v) is 4.60. The van der Waals surface area contributed by atoms with Gasteiger partial charge in [-0.1, -0.05) is 0 Å². The summed E-state index contributed by atoms with van der Waals surface area (Å²) in [4.78, 5) is 16.2. The van der Waals surface area contributed by atoms with Gasteiger partial charge >= 0.3 is 0 Å². The molecule has 19 heavy (non-hydrogen) atoms. The Hall–Kier alpha value is -2.39. The quantitative estimate of drug-likeness (QED) is 0.850. The van der Waals surface area contributed by atoms with Gasteiger partial charge in [0, 0.05) is 18.6 Å². The SMILES string of the molecule is Cn1ccsc1=NC(=O)COc1ccc(C#N)cc1. The predicted molar refractivity (Wildman–Crippen MR) is 70.5 cm³/mol. The van der Waals surface area contributed by atoms with Crippen molar-refractivity contribution in [3.8, 4) is 11.8 Å². The van der Waals surface area contributed by atoms with E-state index in [-0.39, 0.29) is 12.5 Å². The Morgan fingerprint density at radius 3 is 2.79 bits per heavy atom. The average molecular weight is 273 g/mol. The Balaban J connectivity index is 1.97. The lowest BCUT2D eigenvalue weighted by Crippen LogP contribution is -2.16. The van der Waals surface area contributed by atoms with Crippen molar-refractivity contribution >= 4 is 17.2 Å². The maximum absolute atomic E-state index is 11.6. The predicted octanol–water partition coefficient (Wildman–Crippen LogP) is 1.46. The second-order valence-electron chi connectivity index (χ2n) is 3.73. The number of benzene rings is 1. The zero-order valence-corrected chi connectivity index (χ0v) is 11.1. The summed E-state index contributed by atoms with van der Waals surface area (Å²) in [6, 6.07) is 8.58. The fourth-order valence-corrected chi connectivity index (χ4v) is 2.09. The molecule has 0 fully saturated rings. The topological polar surface area (TPSA) is 67.4 Å². The van der Waals surface area contributed by atoms with Crippen LogP contribution in [0.5, 0.6) is 5.75 Å². The first-order valence-electron chi connectivity index (χ1n) is 5.49. The third-order valence-corrected chi connectivity index (χ3v) is 3.17. The normalized spacial score (nSPS) is 11.1. The molecular weight excluding hydrogens is 262 g/mol. The van der Waals surface area contributed by atoms with E-state index in [0.717, 1.165) is 0 Å². The first-order chi connectivity index (χ1) is 9.19. The van der Waals surface area contributed by atoms with Gasteiger partial charge in [-0.05, 0) is 24.3 Å². The standard InChI is InChI=1S/C13H11N3O2S/c1-16-6-7-19-13(16)15-12(17)9-18-11-4-2-10(8-14)3-5-11/h2-7H,9H2,1H3. The van der Waals surface area contributed by atoms with Crippen LogP contribution in [0.1, 0.15) is 5.56 Å². The van der Waals surface area contributed by atoms with Gasteiger partial charge < -0.3 is 9.30 Å². The lowest BCUT2D eigenvalue weighted by Gasteiger charge is -2.02. The molecule has 2 aromatic rings. The van der Waals surface area contributed by atoms with Crippen molar-refractivity contribution in [2.75, 3.05) is 6.61 Å². The van der Waals surface area contributed by atoms with Crippen LogP contribution in [-0.2, 0) is 11.8 Å². The summed E-state index contributed by atoms with van der Waals surface area (Å²) in [7, 11) is 1.82. The summed E-state index contributed by atoms with van der Waals surface area (Å²) in [5.41, 5.74) is 0.550. The number of ether oxygens (including phenoxy) is 1. The molecule has 0 radical (unpaired) electrons. The molecular formula is C13H11N3O2S. The van der Waals surface area contributed by atoms with Crippen molar-refractivity contribution in [3.63, 3.8) is 0 Å². The molecule has 6 heteroatoms. The van der Waals surface area contributed by atoms with Crippen LogP contribution >= 0.6 is 11.3 Å². The van der Waals surface area contributed by atoms with E-state index in [0.29, 0.717) is 16.1 Å². The van der Waals surface area contributed by atoms with Crippen molar-refractivity contribution in [1.29, 1.82) is 5.26 Å². The molecule has 1 heterocycles. The molecule has 0 saturated carbocycles. The zero-order chi connectivity index (χ0) is 13.7. The van der Waals surface area contributed by atoms with Gasteiger partial charge in [0.1, 0.15) is 5.75 Å². The lowest BCUT2D eigenvalue weighted by molar-refractivity contribution is -0.120. The van der Waals surface area contributed by atoms with Crippen LogP contribution in [0.4, 0.5) is 0 Å². The van der Waals surface area contributed by atoms with Gasteiger partial charge in [-0.15, -0.1) is 11.3 Å². The van der Waals surface area contributed by atoms with Crippen LogP contribution < -0.4 is 9.54 Å². The molecule has 0 aliphatic rings. The summed E-state index contributed by atoms with van der Waals surface area (Å²) in [6.07, 6.45) is 1.83. The van der Waals surface area contributed by atoms with E-state index < -0.39 is 0 Å². The third-order valence-electron chi connectivity index (χ3n) is 2.33. The fourth-order valence-electron chi connectivity index (χ4n) is 1.34. The highest BCUT2D eigenvalue weighted by atomic mass is 32.1. The summed E-state index contributed by atoms with van der Waals surface area (Å²) >= 11 is 1.39. The van der Waals surface area contributed by atoms with Gasteiger partial charge in [-0.3, -0.25) is 4.79 Å². The van der Waals surface area contributed by atoms with E-state index in [1.807, 2.05) is 24.7 Å². The number of aromatic nitrogens is 1. The number of aryl methyl sites for hydroxylation is 1. The van der Waals surface area contributed by atoms with Gasteiger partial charge in [-0.2, -0.15) is 10.3 Å². The molecule has 0 aliphatic carbocycles. The summed E-state index contributed by atoms with van der Waals surface area (Å²) in [5.74, 6) is 0.195. The molecule has 0 bridgehead atoms. The van der Waals surface area contributed by atoms with E-state index >= 15 is 0 Å². The van der Waals surface area contributed by atoms with E-state index in [9.17, 15) is 4.79 Å². The number of hydrogen-bond donors (Lipinski definition) is 0. The van der Waals surface area contributed by atoms with Gasteiger partial charge in [0.05, 0.1) is 11.6 Å². The van der Waals surface area contributed by atoms with E-state index in [2.05, 4.69) is 4.99 Å². The number of nitrogens with zero attached hydrogens (tertiary/aromatic N) is 3. The molecule has 0 saturated heterocycles. The Morgan fingerprint density at radius 1 is 1.47 bits per heavy atom. The van der Waals surface area contributed by atoms with Crippen molar-refractivity contribution in [2.24, 2.45) is 12.0 Å². The monoisotopic (exact) mass is 273 g/mol. The van der Waals surface area contributed by atoms with Crippen molar-refractivity contribution < 1.29 is 9.53 Å². The maximum atomic E-state index is 11.6. The molecule has 2 rings (SSSR count). The van der Waals surface area contributed by atoms with Crippen molar-refractivity contribution in [2.45, 2.75) is 0 Å². The highest BCUT2D eigenvalue weighted by Crippen LogP contribution is 2.11. The number of nitriles is 1. The molecule has 5 nitrogen and oxygen atoms in total. The fraction of sp³-hybridized carbons (Fsp3) is 0.154. The number of amides is 1. The Bertz CT molecular complexity index is 677. The second kappa shape index (κ2) is 5.98. The minimum atomic E-state index is -0.345. The van der Waals surface area contributed by atoms with Gasteiger partial charge in [0.15, 0.2) is 11.4 Å². The van der Waals surface area contributed by atoms with Crippen molar-refractivity contribution in [3.05, 3.63) is 46.2 Å². The Labute approximate surface area is 114 Å². The number of rotatable bonds is 3. The average Bonchev–Trinajstić information content (AvgIpc) is 2.82. The Kier molecular flexibility index (Phi) is 4.11. The summed E-state index contributed by atoms with van der Waals surface area (Å²) < 4.78 is 7.07. The van der Waals surface area contributed by atoms with Crippen LogP contribution in [0.15, 0.2) is 40.8 Å². The first kappa shape index (κ1) is 13.1. The summed E-state index contributed by atoms with van der Waals surface area (Å²) in [6.45, 7) is -0.121. The van der Waals surface area contributed by atoms with Gasteiger partial charge in [0.2, 0.25) is 0 Å². The molecule has 0 atom stereocenters. The van der Waals surface area contributed by atoms with Gasteiger partial charge in [0.25, 0.3) is 5.91 Å². The molecule has 1 amide bonds. The molecule has 1 aromatic heterocycles. The molecule has 0 spiro atoms. The van der Waals surface area contributed by atoms with Crippen LogP contribution in [0.2, 0.25) is 0 Å². The Morgan fingerprint density at radius 2 is 2.21 bits per heavy atom. The first-order valence-corrected chi connectivity index (χ1v) is 6.37. The van der Waals surface area contributed by atoms with Gasteiger partial charge in [-0.25, -0.2) is 0 Å². The van der Waals surface area contributed by atoms with Crippen LogP contribution in [-0.4, -0.2) is 17.1 Å². The molecule has 1 aromatic carbocycles. The third kappa shape index (κ3) is 3.53. The summed E-state index contributed by atoms with van der Waals surface area (Å²) in [5, 5.41) is 10.5. The maximum Gasteiger partial charge on any atom is 0.286 e. The van der Waals surface area contributed by atoms with Crippen LogP contribution in [0, 0.1) is 11.3 Å². The lowest BCUT2D eigenvalue weighted by atomic mass is 10.2. The van der Waals surface area contributed by atoms with E-state index in [4.69, 9.17) is 10.00 Å². The van der Waals surface area contributed by atoms with Crippen molar-refractivity contribution in [1.82, 2.24) is 4.57 Å². The highest BCUT2D eigenvalue weighted by molar-refractivity contribution is 7.07. The minimum Gasteiger partial charge on any atom is -0.484 e. The van der Waals surface area contributed by atoms with E-state index in [1.54, 1.807) is 28.8 Å². The van der Waals surface area contributed by atoms with Crippen LogP contribution in [0.25, 0.3) is 0 Å². The number of carbonyl (C=O) groups is 1. The highest BCUT2D eigenvalue weighted by Gasteiger charge is 2.02. The largest absolute Gasteiger partial charge is 0.484 e. The zero-order valence-electron chi connectivity index (χ0n) is 10.2. The minimum absolute atomic E-state index is 0.121. The number of hydrogen-bond acceptors (Lipinski definition) is 4. The smallest absolute Gasteiger partial charge is 0.286 e. The number of thiazole rings is 1. The number of carbonyl (C=O) groups excluding carboxylic acids is 1. The molecule has 0 N–H and O–H groups in total. The molecule has 96 valence electrons. The van der Waals surface area contributed by atoms with E-state index in [1.165, 1.54) is 11.3 Å². The van der Waals surface area contributed by atoms with Crippen LogP contribution in [0.3, 0.4) is 0 Å². The molecule has 0 aliphatic heterocycles. The molecule has 0 unspecified atom stereocenters.